The second-order valence-corrected chi connectivity index (χ2v) is 7.24. The number of hydrogen-bond acceptors (Lipinski definition) is 5. The van der Waals surface area contributed by atoms with Gasteiger partial charge >= 0.3 is 0 Å². The first-order valence-electron chi connectivity index (χ1n) is 6.62. The number of hydrogen-bond donors (Lipinski definition) is 0. The lowest BCUT2D eigenvalue weighted by molar-refractivity contribution is -0.144. The van der Waals surface area contributed by atoms with Gasteiger partial charge in [0.05, 0.1) is 12.3 Å². The van der Waals surface area contributed by atoms with E-state index in [1.807, 2.05) is 0 Å². The lowest BCUT2D eigenvalue weighted by atomic mass is 9.80. The van der Waals surface area contributed by atoms with Crippen molar-refractivity contribution in [3.05, 3.63) is 0 Å². The number of amides is 1. The molecule has 0 aromatic carbocycles. The molecule has 2 aliphatic heterocycles. The summed E-state index contributed by atoms with van der Waals surface area (Å²) in [7, 11) is -3.21. The smallest absolute Gasteiger partial charge is 0.243 e. The van der Waals surface area contributed by atoms with Crippen LogP contribution in [0.25, 0.3) is 0 Å². The minimum Gasteiger partial charge on any atom is -0.381 e. The average Bonchev–Trinajstić information content (AvgIpc) is 2.46. The van der Waals surface area contributed by atoms with Crippen LogP contribution < -0.4 is 0 Å². The molecule has 0 aromatic heterocycles. The van der Waals surface area contributed by atoms with Crippen LogP contribution >= 0.6 is 0 Å². The molecule has 2 saturated heterocycles. The Balaban J connectivity index is 2.03. The van der Waals surface area contributed by atoms with Gasteiger partial charge in [-0.15, -0.1) is 0 Å². The number of ether oxygens (including phenoxy) is 1. The zero-order chi connectivity index (χ0) is 14.8. The van der Waals surface area contributed by atoms with Gasteiger partial charge in [-0.1, -0.05) is 0 Å². The highest BCUT2D eigenvalue weighted by molar-refractivity contribution is 7.88. The molecule has 1 amide bonds. The first-order chi connectivity index (χ1) is 9.39. The van der Waals surface area contributed by atoms with Crippen molar-refractivity contribution in [3.8, 4) is 6.07 Å². The third kappa shape index (κ3) is 2.95. The van der Waals surface area contributed by atoms with Crippen LogP contribution in [0, 0.1) is 16.7 Å². The van der Waals surface area contributed by atoms with E-state index in [2.05, 4.69) is 6.07 Å². The standard InChI is InChI=1S/C12H19N3O4S/c1-20(17,18)15-6-4-14(5-7-15)11(16)12(10-13)2-8-19-9-3-12/h2-9H2,1H3. The van der Waals surface area contributed by atoms with E-state index in [1.165, 1.54) is 10.6 Å². The molecular formula is C12H19N3O4S. The van der Waals surface area contributed by atoms with E-state index in [-0.39, 0.29) is 5.91 Å². The monoisotopic (exact) mass is 301 g/mol. The maximum Gasteiger partial charge on any atom is 0.243 e. The molecule has 2 heterocycles. The highest BCUT2D eigenvalue weighted by Crippen LogP contribution is 2.32. The van der Waals surface area contributed by atoms with Crippen molar-refractivity contribution in [1.29, 1.82) is 5.26 Å². The van der Waals surface area contributed by atoms with Crippen LogP contribution in [0.3, 0.4) is 0 Å². The summed E-state index contributed by atoms with van der Waals surface area (Å²) in [6, 6.07) is 2.15. The highest BCUT2D eigenvalue weighted by Gasteiger charge is 2.44. The quantitative estimate of drug-likeness (QED) is 0.680. The number of carbonyl (C=O) groups is 1. The van der Waals surface area contributed by atoms with Crippen LogP contribution in [0.1, 0.15) is 12.8 Å². The van der Waals surface area contributed by atoms with E-state index < -0.39 is 15.4 Å². The molecule has 7 nitrogen and oxygen atoms in total. The topological polar surface area (TPSA) is 90.7 Å². The summed E-state index contributed by atoms with van der Waals surface area (Å²) in [4.78, 5) is 14.1. The summed E-state index contributed by atoms with van der Waals surface area (Å²) >= 11 is 0. The summed E-state index contributed by atoms with van der Waals surface area (Å²) in [5.74, 6) is -0.184. The number of piperazine rings is 1. The largest absolute Gasteiger partial charge is 0.381 e. The minimum atomic E-state index is -3.21. The fourth-order valence-electron chi connectivity index (χ4n) is 2.62. The van der Waals surface area contributed by atoms with Crippen molar-refractivity contribution < 1.29 is 17.9 Å². The Bertz CT molecular complexity index is 511. The van der Waals surface area contributed by atoms with E-state index in [0.29, 0.717) is 52.2 Å². The molecular weight excluding hydrogens is 282 g/mol. The van der Waals surface area contributed by atoms with Crippen LogP contribution in [-0.4, -0.2) is 69.2 Å². The van der Waals surface area contributed by atoms with Gasteiger partial charge in [-0.25, -0.2) is 8.42 Å². The molecule has 0 saturated carbocycles. The molecule has 0 spiro atoms. The Morgan fingerprint density at radius 2 is 1.75 bits per heavy atom. The summed E-state index contributed by atoms with van der Waals surface area (Å²) in [5.41, 5.74) is -0.995. The first kappa shape index (κ1) is 15.2. The molecule has 0 aliphatic carbocycles. The number of rotatable bonds is 2. The average molecular weight is 301 g/mol. The molecule has 2 aliphatic rings. The van der Waals surface area contributed by atoms with Crippen molar-refractivity contribution in [2.45, 2.75) is 12.8 Å². The van der Waals surface area contributed by atoms with Crippen LogP contribution in [0.2, 0.25) is 0 Å². The first-order valence-corrected chi connectivity index (χ1v) is 8.47. The second-order valence-electron chi connectivity index (χ2n) is 5.26. The fourth-order valence-corrected chi connectivity index (χ4v) is 3.45. The summed E-state index contributed by atoms with van der Waals surface area (Å²) < 4.78 is 29.5. The SMILES string of the molecule is CS(=O)(=O)N1CCN(C(=O)C2(C#N)CCOCC2)CC1. The molecule has 112 valence electrons. The van der Waals surface area contributed by atoms with Crippen molar-refractivity contribution in [1.82, 2.24) is 9.21 Å². The number of carbonyl (C=O) groups excluding carboxylic acids is 1. The Morgan fingerprint density at radius 1 is 1.20 bits per heavy atom. The van der Waals surface area contributed by atoms with E-state index in [0.717, 1.165) is 0 Å². The van der Waals surface area contributed by atoms with Crippen LogP contribution in [-0.2, 0) is 19.6 Å². The third-order valence-electron chi connectivity index (χ3n) is 3.96. The molecule has 0 bridgehead atoms. The molecule has 2 rings (SSSR count). The number of nitrogens with zero attached hydrogens (tertiary/aromatic N) is 3. The molecule has 0 radical (unpaired) electrons. The van der Waals surface area contributed by atoms with Crippen LogP contribution in [0.5, 0.6) is 0 Å². The Kier molecular flexibility index (Phi) is 4.32. The lowest BCUT2D eigenvalue weighted by Gasteiger charge is -2.38. The normalized spacial score (nSPS) is 24.1. The van der Waals surface area contributed by atoms with E-state index in [4.69, 9.17) is 4.74 Å². The van der Waals surface area contributed by atoms with Crippen molar-refractivity contribution >= 4 is 15.9 Å². The van der Waals surface area contributed by atoms with Crippen molar-refractivity contribution in [2.75, 3.05) is 45.6 Å². The maximum atomic E-state index is 12.5. The third-order valence-corrected chi connectivity index (χ3v) is 5.27. The molecule has 20 heavy (non-hydrogen) atoms. The predicted octanol–water partition coefficient (Wildman–Crippen LogP) is -0.589. The van der Waals surface area contributed by atoms with Crippen molar-refractivity contribution in [3.63, 3.8) is 0 Å². The summed E-state index contributed by atoms with van der Waals surface area (Å²) in [6.07, 6.45) is 1.99. The predicted molar refractivity (Wildman–Crippen MR) is 71.1 cm³/mol. The summed E-state index contributed by atoms with van der Waals surface area (Å²) in [5, 5.41) is 9.36. The molecule has 0 atom stereocenters. The van der Waals surface area contributed by atoms with Crippen LogP contribution in [0.4, 0.5) is 0 Å². The van der Waals surface area contributed by atoms with Gasteiger partial charge in [-0.2, -0.15) is 9.57 Å². The van der Waals surface area contributed by atoms with Gasteiger partial charge in [0.1, 0.15) is 5.41 Å². The van der Waals surface area contributed by atoms with E-state index in [1.54, 1.807) is 4.90 Å². The molecule has 0 aromatic rings. The fraction of sp³-hybridized carbons (Fsp3) is 0.833. The minimum absolute atomic E-state index is 0.184. The van der Waals surface area contributed by atoms with Crippen molar-refractivity contribution in [2.24, 2.45) is 5.41 Å². The zero-order valence-electron chi connectivity index (χ0n) is 11.5. The van der Waals surface area contributed by atoms with Crippen LogP contribution in [0.15, 0.2) is 0 Å². The van der Waals surface area contributed by atoms with Gasteiger partial charge in [-0.3, -0.25) is 4.79 Å². The van der Waals surface area contributed by atoms with Gasteiger partial charge in [0.25, 0.3) is 0 Å². The number of nitriles is 1. The second kappa shape index (κ2) is 5.68. The molecule has 8 heteroatoms. The van der Waals surface area contributed by atoms with E-state index in [9.17, 15) is 18.5 Å². The van der Waals surface area contributed by atoms with Gasteiger partial charge in [0.15, 0.2) is 0 Å². The maximum absolute atomic E-state index is 12.5. The highest BCUT2D eigenvalue weighted by atomic mass is 32.2. The Hall–Kier alpha value is -1.17. The Labute approximate surface area is 119 Å². The van der Waals surface area contributed by atoms with Gasteiger partial charge in [-0.05, 0) is 12.8 Å². The van der Waals surface area contributed by atoms with Gasteiger partial charge < -0.3 is 9.64 Å². The zero-order valence-corrected chi connectivity index (χ0v) is 12.4. The summed E-state index contributed by atoms with van der Waals surface area (Å²) in [6.45, 7) is 2.11. The number of sulfonamides is 1. The molecule has 0 N–H and O–H groups in total. The molecule has 2 fully saturated rings. The van der Waals surface area contributed by atoms with Gasteiger partial charge in [0, 0.05) is 39.4 Å². The van der Waals surface area contributed by atoms with Gasteiger partial charge in [0.2, 0.25) is 15.9 Å². The van der Waals surface area contributed by atoms with E-state index >= 15 is 0 Å². The molecule has 0 unspecified atom stereocenters. The lowest BCUT2D eigenvalue weighted by Crippen LogP contribution is -2.54. The Morgan fingerprint density at radius 3 is 2.20 bits per heavy atom.